The normalized spacial score (nSPS) is 11.8. The second kappa shape index (κ2) is 5.76. The maximum atomic E-state index is 8.41. The van der Waals surface area contributed by atoms with E-state index in [-0.39, 0.29) is 0 Å². The fraction of sp³-hybridized carbons (Fsp3) is 0.667. The molecule has 1 nitrogen and oxygen atoms in total. The third-order valence-corrected chi connectivity index (χ3v) is 22.4. The van der Waals surface area contributed by atoms with Crippen molar-refractivity contribution in [2.75, 3.05) is 0 Å². The fourth-order valence-corrected chi connectivity index (χ4v) is 11.6. The van der Waals surface area contributed by atoms with Gasteiger partial charge in [0.15, 0.2) is 0 Å². The van der Waals surface area contributed by atoms with Crippen LogP contribution < -0.4 is 0 Å². The molecule has 0 radical (unpaired) electrons. The zero-order valence-corrected chi connectivity index (χ0v) is 11.6. The van der Waals surface area contributed by atoms with Crippen LogP contribution >= 0.6 is 0 Å². The quantitative estimate of drug-likeness (QED) is 0.567. The third kappa shape index (κ3) is 3.37. The summed E-state index contributed by atoms with van der Waals surface area (Å²) in [5.74, 6) is 0. The van der Waals surface area contributed by atoms with Gasteiger partial charge in [0.05, 0.1) is 0 Å². The van der Waals surface area contributed by atoms with E-state index < -0.39 is 21.2 Å². The van der Waals surface area contributed by atoms with Crippen LogP contribution in [0.3, 0.4) is 0 Å². The molecule has 0 aliphatic rings. The van der Waals surface area contributed by atoms with Gasteiger partial charge >= 0.3 is 74.9 Å². The first kappa shape index (κ1) is 11.2. The first-order valence-electron chi connectivity index (χ1n) is 4.32. The molecule has 0 bridgehead atoms. The van der Waals surface area contributed by atoms with Crippen molar-refractivity contribution >= 4 is 21.2 Å². The molecular weight excluding hydrogens is 329 g/mol. The van der Waals surface area contributed by atoms with Gasteiger partial charge in [0.2, 0.25) is 0 Å². The van der Waals surface area contributed by atoms with E-state index in [1.165, 1.54) is 11.9 Å². The Labute approximate surface area is 74.8 Å². The molecule has 0 spiro atoms. The van der Waals surface area contributed by atoms with Crippen LogP contribution in [0.4, 0.5) is 0 Å². The summed E-state index contributed by atoms with van der Waals surface area (Å²) >= 11 is -1.99. The number of hydrogen-bond acceptors (Lipinski definition) is 1. The SMILES string of the molecule is C[CH2][Pb](/[CH]=C\C#N)([CH2]C)[CH2]C. The Morgan fingerprint density at radius 2 is 1.64 bits per heavy atom. The summed E-state index contributed by atoms with van der Waals surface area (Å²) < 4.78 is 6.31. The van der Waals surface area contributed by atoms with Crippen molar-refractivity contribution < 1.29 is 0 Å². The Kier molecular flexibility index (Phi) is 5.84. The van der Waals surface area contributed by atoms with Crippen LogP contribution in [0.5, 0.6) is 0 Å². The molecule has 0 aliphatic heterocycles. The Morgan fingerprint density at radius 1 is 1.18 bits per heavy atom. The van der Waals surface area contributed by atoms with E-state index in [0.717, 1.165) is 0 Å². The van der Waals surface area contributed by atoms with Crippen LogP contribution in [-0.2, 0) is 0 Å². The van der Waals surface area contributed by atoms with Crippen molar-refractivity contribution in [3.05, 3.63) is 9.71 Å². The van der Waals surface area contributed by atoms with Gasteiger partial charge in [-0.1, -0.05) is 0 Å². The van der Waals surface area contributed by atoms with Gasteiger partial charge in [-0.15, -0.1) is 0 Å². The average molecular weight is 346 g/mol. The van der Waals surface area contributed by atoms with Crippen molar-refractivity contribution in [3.8, 4) is 6.07 Å². The first-order valence-corrected chi connectivity index (χ1v) is 14.8. The zero-order chi connectivity index (χ0) is 8.74. The molecule has 2 heteroatoms. The summed E-state index contributed by atoms with van der Waals surface area (Å²) in [4.78, 5) is 0. The molecule has 0 unspecified atom stereocenters. The molecule has 0 amide bonds. The Morgan fingerprint density at radius 3 is 1.91 bits per heavy atom. The minimum atomic E-state index is -1.99. The predicted octanol–water partition coefficient (Wildman–Crippen LogP) is 3.11. The summed E-state index contributed by atoms with van der Waals surface area (Å²) in [6.45, 7) is 6.82. The van der Waals surface area contributed by atoms with Crippen LogP contribution in [0.1, 0.15) is 20.8 Å². The summed E-state index contributed by atoms with van der Waals surface area (Å²) in [5.41, 5.74) is 0. The van der Waals surface area contributed by atoms with Crippen LogP contribution in [0.15, 0.2) is 9.71 Å². The van der Waals surface area contributed by atoms with E-state index in [0.29, 0.717) is 0 Å². The molecule has 0 rings (SSSR count). The number of hydrogen-bond donors (Lipinski definition) is 0. The molecule has 0 fully saturated rings. The standard InChI is InChI=1S/C3H2N.3C2H5.Pb/c1-2-3-4;3*1-2;/h1-2H;3*1H2,2H3;. The van der Waals surface area contributed by atoms with Crippen LogP contribution in [0, 0.1) is 11.3 Å². The topological polar surface area (TPSA) is 23.8 Å². The third-order valence-electron chi connectivity index (χ3n) is 2.62. The molecule has 0 aromatic carbocycles. The van der Waals surface area contributed by atoms with Crippen LogP contribution in [-0.4, -0.2) is 21.2 Å². The van der Waals surface area contributed by atoms with Gasteiger partial charge in [-0.2, -0.15) is 0 Å². The van der Waals surface area contributed by atoms with Crippen molar-refractivity contribution in [3.63, 3.8) is 0 Å². The van der Waals surface area contributed by atoms with Crippen molar-refractivity contribution in [2.24, 2.45) is 0 Å². The Hall–Kier alpha value is 0.152. The Balaban J connectivity index is 4.31. The van der Waals surface area contributed by atoms with Crippen LogP contribution in [0.25, 0.3) is 0 Å². The summed E-state index contributed by atoms with van der Waals surface area (Å²) in [6, 6.07) is 2.10. The van der Waals surface area contributed by atoms with E-state index in [4.69, 9.17) is 5.26 Å². The molecular formula is C9H17NPb. The molecule has 0 aromatic rings. The van der Waals surface area contributed by atoms with Gasteiger partial charge in [0, 0.05) is 0 Å². The van der Waals surface area contributed by atoms with E-state index in [1.54, 1.807) is 6.08 Å². The van der Waals surface area contributed by atoms with Crippen molar-refractivity contribution in [1.82, 2.24) is 0 Å². The predicted molar refractivity (Wildman–Crippen MR) is 52.0 cm³/mol. The van der Waals surface area contributed by atoms with Crippen molar-refractivity contribution in [2.45, 2.75) is 32.7 Å². The summed E-state index contributed by atoms with van der Waals surface area (Å²) in [5, 5.41) is 8.41. The number of allylic oxidation sites excluding steroid dienone is 1. The molecule has 0 aromatic heterocycles. The second-order valence-corrected chi connectivity index (χ2v) is 23.0. The maximum absolute atomic E-state index is 8.41. The zero-order valence-electron chi connectivity index (χ0n) is 7.72. The molecule has 0 atom stereocenters. The first-order chi connectivity index (χ1) is 5.24. The van der Waals surface area contributed by atoms with Gasteiger partial charge in [-0.25, -0.2) is 0 Å². The summed E-state index contributed by atoms with van der Waals surface area (Å²) in [6.07, 6.45) is 1.71. The molecule has 0 N–H and O–H groups in total. The molecule has 0 saturated carbocycles. The van der Waals surface area contributed by atoms with Gasteiger partial charge in [-0.05, 0) is 0 Å². The fourth-order valence-electron chi connectivity index (χ4n) is 1.32. The van der Waals surface area contributed by atoms with Crippen molar-refractivity contribution in [1.29, 1.82) is 5.26 Å². The van der Waals surface area contributed by atoms with E-state index >= 15 is 0 Å². The molecule has 62 valence electrons. The molecule has 0 saturated heterocycles. The van der Waals surface area contributed by atoms with Gasteiger partial charge in [-0.3, -0.25) is 0 Å². The van der Waals surface area contributed by atoms with Crippen LogP contribution in [0.2, 0.25) is 11.9 Å². The van der Waals surface area contributed by atoms with Gasteiger partial charge < -0.3 is 0 Å². The number of rotatable bonds is 4. The molecule has 0 aliphatic carbocycles. The van der Waals surface area contributed by atoms with E-state index in [1.807, 2.05) is 0 Å². The number of nitriles is 1. The molecule has 0 heterocycles. The second-order valence-electron chi connectivity index (χ2n) is 2.89. The Bertz CT molecular complexity index is 155. The van der Waals surface area contributed by atoms with E-state index in [2.05, 4.69) is 30.5 Å². The van der Waals surface area contributed by atoms with E-state index in [9.17, 15) is 0 Å². The minimum absolute atomic E-state index is 1.35. The monoisotopic (exact) mass is 347 g/mol. The van der Waals surface area contributed by atoms with Gasteiger partial charge in [0.1, 0.15) is 0 Å². The van der Waals surface area contributed by atoms with Gasteiger partial charge in [0.25, 0.3) is 0 Å². The number of nitrogens with zero attached hydrogens (tertiary/aromatic N) is 1. The molecule has 11 heavy (non-hydrogen) atoms. The summed E-state index contributed by atoms with van der Waals surface area (Å²) in [7, 11) is 0. The average Bonchev–Trinajstić information content (AvgIpc) is 2.08.